The number of hydrogen-bond donors (Lipinski definition) is 1. The summed E-state index contributed by atoms with van der Waals surface area (Å²) in [5.41, 5.74) is 1.96. The molecular formula is C12H12BrNO2. The van der Waals surface area contributed by atoms with Crippen LogP contribution in [0.1, 0.15) is 23.2 Å². The first-order valence-corrected chi connectivity index (χ1v) is 6.17. The second-order valence-corrected chi connectivity index (χ2v) is 5.68. The minimum atomic E-state index is -0.879. The highest BCUT2D eigenvalue weighted by Crippen LogP contribution is 2.53. The van der Waals surface area contributed by atoms with Crippen LogP contribution in [0.2, 0.25) is 0 Å². The lowest BCUT2D eigenvalue weighted by molar-refractivity contribution is 0.0696. The highest BCUT2D eigenvalue weighted by Gasteiger charge is 2.52. The molecule has 84 valence electrons. The van der Waals surface area contributed by atoms with Crippen molar-refractivity contribution in [1.82, 2.24) is 0 Å². The SMILES string of the molecule is O=C(O)c1cc(N2CC3(CC3)C2)ccc1Br. The molecule has 2 aliphatic rings. The molecule has 1 saturated carbocycles. The summed E-state index contributed by atoms with van der Waals surface area (Å²) < 4.78 is 0.644. The molecule has 3 nitrogen and oxygen atoms in total. The fraction of sp³-hybridized carbons (Fsp3) is 0.417. The van der Waals surface area contributed by atoms with Crippen LogP contribution in [-0.2, 0) is 0 Å². The van der Waals surface area contributed by atoms with Crippen molar-refractivity contribution in [2.45, 2.75) is 12.8 Å². The lowest BCUT2D eigenvalue weighted by Crippen LogP contribution is -2.48. The van der Waals surface area contributed by atoms with E-state index in [-0.39, 0.29) is 0 Å². The first-order chi connectivity index (χ1) is 7.60. The maximum atomic E-state index is 11.0. The molecule has 1 aromatic carbocycles. The average molecular weight is 282 g/mol. The molecule has 0 bridgehead atoms. The van der Waals surface area contributed by atoms with Crippen molar-refractivity contribution in [3.8, 4) is 0 Å². The maximum Gasteiger partial charge on any atom is 0.336 e. The topological polar surface area (TPSA) is 40.5 Å². The molecular weight excluding hydrogens is 270 g/mol. The van der Waals surface area contributed by atoms with Gasteiger partial charge in [-0.2, -0.15) is 0 Å². The summed E-state index contributed by atoms with van der Waals surface area (Å²) in [6.07, 6.45) is 2.68. The third-order valence-electron chi connectivity index (χ3n) is 3.56. The van der Waals surface area contributed by atoms with Gasteiger partial charge in [-0.05, 0) is 47.0 Å². The number of hydrogen-bond acceptors (Lipinski definition) is 2. The molecule has 1 aliphatic carbocycles. The van der Waals surface area contributed by atoms with Gasteiger partial charge in [-0.1, -0.05) is 0 Å². The van der Waals surface area contributed by atoms with Gasteiger partial charge in [0.2, 0.25) is 0 Å². The quantitative estimate of drug-likeness (QED) is 0.906. The Bertz CT molecular complexity index is 460. The van der Waals surface area contributed by atoms with Crippen LogP contribution in [0.15, 0.2) is 22.7 Å². The van der Waals surface area contributed by atoms with E-state index >= 15 is 0 Å². The first kappa shape index (κ1) is 10.1. The van der Waals surface area contributed by atoms with Crippen molar-refractivity contribution in [3.63, 3.8) is 0 Å². The summed E-state index contributed by atoms with van der Waals surface area (Å²) in [5, 5.41) is 9.03. The van der Waals surface area contributed by atoms with Gasteiger partial charge in [0.1, 0.15) is 0 Å². The van der Waals surface area contributed by atoms with Gasteiger partial charge in [-0.15, -0.1) is 0 Å². The number of rotatable bonds is 2. The molecule has 4 heteroatoms. The summed E-state index contributed by atoms with van der Waals surface area (Å²) in [5.74, 6) is -0.879. The molecule has 0 aromatic heterocycles. The number of nitrogens with zero attached hydrogens (tertiary/aromatic N) is 1. The van der Waals surface area contributed by atoms with Crippen molar-refractivity contribution < 1.29 is 9.90 Å². The molecule has 16 heavy (non-hydrogen) atoms. The zero-order chi connectivity index (χ0) is 11.3. The van der Waals surface area contributed by atoms with Crippen LogP contribution in [0.4, 0.5) is 5.69 Å². The molecule has 0 atom stereocenters. The molecule has 0 unspecified atom stereocenters. The summed E-state index contributed by atoms with van der Waals surface area (Å²) >= 11 is 3.26. The predicted octanol–water partition coefficient (Wildman–Crippen LogP) is 2.75. The Hall–Kier alpha value is -1.03. The second kappa shape index (κ2) is 3.23. The minimum Gasteiger partial charge on any atom is -0.478 e. The number of carboxylic acid groups (broad SMARTS) is 1. The van der Waals surface area contributed by atoms with Crippen LogP contribution >= 0.6 is 15.9 Å². The fourth-order valence-corrected chi connectivity index (χ4v) is 2.73. The Morgan fingerprint density at radius 1 is 1.38 bits per heavy atom. The van der Waals surface area contributed by atoms with Gasteiger partial charge in [-0.3, -0.25) is 0 Å². The smallest absolute Gasteiger partial charge is 0.336 e. The Balaban J connectivity index is 1.85. The Labute approximate surface area is 102 Å². The van der Waals surface area contributed by atoms with Crippen molar-refractivity contribution in [1.29, 1.82) is 0 Å². The Morgan fingerprint density at radius 3 is 2.62 bits per heavy atom. The van der Waals surface area contributed by atoms with Crippen LogP contribution in [0.25, 0.3) is 0 Å². The zero-order valence-corrected chi connectivity index (χ0v) is 10.3. The summed E-state index contributed by atoms with van der Waals surface area (Å²) in [4.78, 5) is 13.2. The molecule has 0 amide bonds. The molecule has 1 spiro atoms. The largest absolute Gasteiger partial charge is 0.478 e. The minimum absolute atomic E-state index is 0.342. The van der Waals surface area contributed by atoms with Crippen molar-refractivity contribution >= 4 is 27.6 Å². The summed E-state index contributed by atoms with van der Waals surface area (Å²) in [7, 11) is 0. The van der Waals surface area contributed by atoms with Gasteiger partial charge in [0.05, 0.1) is 5.56 Å². The van der Waals surface area contributed by atoms with Gasteiger partial charge in [0, 0.05) is 28.7 Å². The van der Waals surface area contributed by atoms with Crippen LogP contribution in [-0.4, -0.2) is 24.2 Å². The van der Waals surface area contributed by atoms with Gasteiger partial charge in [-0.25, -0.2) is 4.79 Å². The molecule has 2 fully saturated rings. The molecule has 1 aliphatic heterocycles. The molecule has 1 aromatic rings. The number of carboxylic acids is 1. The van der Waals surface area contributed by atoms with E-state index in [4.69, 9.17) is 5.11 Å². The third kappa shape index (κ3) is 1.52. The van der Waals surface area contributed by atoms with E-state index in [1.54, 1.807) is 6.07 Å². The number of aromatic carboxylic acids is 1. The van der Waals surface area contributed by atoms with Crippen molar-refractivity contribution in [3.05, 3.63) is 28.2 Å². The van der Waals surface area contributed by atoms with E-state index in [0.29, 0.717) is 15.5 Å². The highest BCUT2D eigenvalue weighted by molar-refractivity contribution is 9.10. The monoisotopic (exact) mass is 281 g/mol. The third-order valence-corrected chi connectivity index (χ3v) is 4.25. The van der Waals surface area contributed by atoms with Gasteiger partial charge >= 0.3 is 5.97 Å². The summed E-state index contributed by atoms with van der Waals surface area (Å²) in [6.45, 7) is 2.18. The first-order valence-electron chi connectivity index (χ1n) is 5.38. The van der Waals surface area contributed by atoms with Gasteiger partial charge < -0.3 is 10.0 Å². The Morgan fingerprint density at radius 2 is 2.06 bits per heavy atom. The molecule has 1 heterocycles. The second-order valence-electron chi connectivity index (χ2n) is 4.83. The van der Waals surface area contributed by atoms with Crippen molar-refractivity contribution in [2.24, 2.45) is 5.41 Å². The standard InChI is InChI=1S/C12H12BrNO2/c13-10-2-1-8(5-9(10)11(15)16)14-6-12(7-14)3-4-12/h1-2,5H,3-4,6-7H2,(H,15,16). The maximum absolute atomic E-state index is 11.0. The lowest BCUT2D eigenvalue weighted by atomic mass is 9.96. The van der Waals surface area contributed by atoms with E-state index in [2.05, 4.69) is 20.8 Å². The Kier molecular flexibility index (Phi) is 2.05. The van der Waals surface area contributed by atoms with Gasteiger partial charge in [0.25, 0.3) is 0 Å². The van der Waals surface area contributed by atoms with E-state index in [9.17, 15) is 4.79 Å². The summed E-state index contributed by atoms with van der Waals surface area (Å²) in [6, 6.07) is 5.55. The molecule has 1 saturated heterocycles. The van der Waals surface area contributed by atoms with Crippen LogP contribution in [0.3, 0.4) is 0 Å². The van der Waals surface area contributed by atoms with Gasteiger partial charge in [0.15, 0.2) is 0 Å². The fourth-order valence-electron chi connectivity index (χ4n) is 2.31. The van der Waals surface area contributed by atoms with Crippen LogP contribution < -0.4 is 4.90 Å². The van der Waals surface area contributed by atoms with E-state index in [1.807, 2.05) is 12.1 Å². The lowest BCUT2D eigenvalue weighted by Gasteiger charge is -2.42. The molecule has 1 N–H and O–H groups in total. The predicted molar refractivity (Wildman–Crippen MR) is 65.0 cm³/mol. The normalized spacial score (nSPS) is 20.7. The average Bonchev–Trinajstić information content (AvgIpc) is 2.96. The molecule has 3 rings (SSSR count). The molecule has 0 radical (unpaired) electrons. The number of benzene rings is 1. The number of halogens is 1. The van der Waals surface area contributed by atoms with Crippen LogP contribution in [0, 0.1) is 5.41 Å². The highest BCUT2D eigenvalue weighted by atomic mass is 79.9. The van der Waals surface area contributed by atoms with E-state index in [1.165, 1.54) is 12.8 Å². The van der Waals surface area contributed by atoms with Crippen molar-refractivity contribution in [2.75, 3.05) is 18.0 Å². The van der Waals surface area contributed by atoms with E-state index < -0.39 is 5.97 Å². The zero-order valence-electron chi connectivity index (χ0n) is 8.74. The number of carbonyl (C=O) groups is 1. The van der Waals surface area contributed by atoms with E-state index in [0.717, 1.165) is 18.8 Å². The van der Waals surface area contributed by atoms with Crippen LogP contribution in [0.5, 0.6) is 0 Å². The number of anilines is 1.